The second-order valence-corrected chi connectivity index (χ2v) is 10.1. The number of benzene rings is 3. The molecule has 3 rings (SSSR count). The minimum atomic E-state index is -3.92. The number of aryl methyl sites for hydroxylation is 3. The fourth-order valence-corrected chi connectivity index (χ4v) is 4.76. The standard InChI is InChI=1S/C25H27ClN2O3S/c1-18-4-12-24(13-5-18)32(30,31)28(23-11-6-19(2)20(3)16-23)17-25(29)27-15-14-21-7-9-22(26)10-8-21/h4-13,16H,14-15,17H2,1-3H3,(H,27,29). The van der Waals surface area contributed by atoms with Crippen molar-refractivity contribution in [2.45, 2.75) is 32.1 Å². The van der Waals surface area contributed by atoms with Gasteiger partial charge in [-0.15, -0.1) is 0 Å². The van der Waals surface area contributed by atoms with Gasteiger partial charge in [-0.2, -0.15) is 0 Å². The summed E-state index contributed by atoms with van der Waals surface area (Å²) in [5.41, 5.74) is 4.46. The molecule has 0 atom stereocenters. The molecule has 3 aromatic rings. The number of halogens is 1. The van der Waals surface area contributed by atoms with Crippen molar-refractivity contribution in [1.29, 1.82) is 0 Å². The molecule has 3 aromatic carbocycles. The van der Waals surface area contributed by atoms with Crippen LogP contribution in [0.2, 0.25) is 5.02 Å². The van der Waals surface area contributed by atoms with Gasteiger partial charge in [0, 0.05) is 11.6 Å². The van der Waals surface area contributed by atoms with Gasteiger partial charge in [-0.3, -0.25) is 9.10 Å². The van der Waals surface area contributed by atoms with Gasteiger partial charge in [0.25, 0.3) is 10.0 Å². The first-order valence-electron chi connectivity index (χ1n) is 10.3. The van der Waals surface area contributed by atoms with Gasteiger partial charge in [-0.25, -0.2) is 8.42 Å². The summed E-state index contributed by atoms with van der Waals surface area (Å²) in [5.74, 6) is -0.368. The van der Waals surface area contributed by atoms with E-state index in [0.717, 1.165) is 22.3 Å². The molecular formula is C25H27ClN2O3S. The third-order valence-corrected chi connectivity index (χ3v) is 7.36. The molecule has 0 aromatic heterocycles. The van der Waals surface area contributed by atoms with Crippen LogP contribution in [0.1, 0.15) is 22.3 Å². The molecule has 0 aliphatic heterocycles. The average Bonchev–Trinajstić information content (AvgIpc) is 2.76. The van der Waals surface area contributed by atoms with E-state index in [1.54, 1.807) is 48.5 Å². The van der Waals surface area contributed by atoms with Gasteiger partial charge in [0.1, 0.15) is 6.54 Å². The van der Waals surface area contributed by atoms with Crippen molar-refractivity contribution in [1.82, 2.24) is 5.32 Å². The minimum absolute atomic E-state index is 0.148. The Labute approximate surface area is 195 Å². The predicted octanol–water partition coefficient (Wildman–Crippen LogP) is 4.82. The van der Waals surface area contributed by atoms with Gasteiger partial charge in [0.15, 0.2) is 0 Å². The molecule has 0 radical (unpaired) electrons. The summed E-state index contributed by atoms with van der Waals surface area (Å²) in [7, 11) is -3.92. The summed E-state index contributed by atoms with van der Waals surface area (Å²) in [6.45, 7) is 5.86. The predicted molar refractivity (Wildman–Crippen MR) is 130 cm³/mol. The molecule has 1 N–H and O–H groups in total. The first-order valence-corrected chi connectivity index (χ1v) is 12.2. The van der Waals surface area contributed by atoms with E-state index in [0.29, 0.717) is 23.7 Å². The van der Waals surface area contributed by atoms with Gasteiger partial charge in [-0.1, -0.05) is 47.5 Å². The molecule has 0 saturated heterocycles. The van der Waals surface area contributed by atoms with Crippen LogP contribution >= 0.6 is 11.6 Å². The minimum Gasteiger partial charge on any atom is -0.354 e. The van der Waals surface area contributed by atoms with Crippen LogP contribution in [0.4, 0.5) is 5.69 Å². The molecular weight excluding hydrogens is 444 g/mol. The summed E-state index contributed by atoms with van der Waals surface area (Å²) < 4.78 is 28.0. The van der Waals surface area contributed by atoms with Crippen molar-refractivity contribution >= 4 is 33.2 Å². The summed E-state index contributed by atoms with van der Waals surface area (Å²) in [4.78, 5) is 12.9. The highest BCUT2D eigenvalue weighted by Gasteiger charge is 2.27. The Morgan fingerprint density at radius 2 is 1.56 bits per heavy atom. The Balaban J connectivity index is 1.80. The van der Waals surface area contributed by atoms with Gasteiger partial charge in [0.2, 0.25) is 5.91 Å². The number of anilines is 1. The SMILES string of the molecule is Cc1ccc(S(=O)(=O)N(CC(=O)NCCc2ccc(Cl)cc2)c2ccc(C)c(C)c2)cc1. The molecule has 0 fully saturated rings. The maximum absolute atomic E-state index is 13.4. The van der Waals surface area contributed by atoms with E-state index in [-0.39, 0.29) is 17.3 Å². The Bertz CT molecular complexity index is 1190. The maximum atomic E-state index is 13.4. The summed E-state index contributed by atoms with van der Waals surface area (Å²) in [5, 5.41) is 3.48. The highest BCUT2D eigenvalue weighted by Crippen LogP contribution is 2.26. The Hall–Kier alpha value is -2.83. The quantitative estimate of drug-likeness (QED) is 0.513. The molecule has 0 bridgehead atoms. The molecule has 0 saturated carbocycles. The van der Waals surface area contributed by atoms with Gasteiger partial charge < -0.3 is 5.32 Å². The Kier molecular flexibility index (Phi) is 7.59. The van der Waals surface area contributed by atoms with Crippen LogP contribution in [0.3, 0.4) is 0 Å². The van der Waals surface area contributed by atoms with Gasteiger partial charge in [-0.05, 0) is 80.3 Å². The first-order chi connectivity index (χ1) is 15.2. The van der Waals surface area contributed by atoms with Crippen LogP contribution in [-0.4, -0.2) is 27.4 Å². The third kappa shape index (κ3) is 5.90. The smallest absolute Gasteiger partial charge is 0.264 e. The van der Waals surface area contributed by atoms with Crippen molar-refractivity contribution in [3.05, 3.63) is 94.0 Å². The molecule has 0 spiro atoms. The van der Waals surface area contributed by atoms with Crippen LogP contribution in [0.25, 0.3) is 0 Å². The van der Waals surface area contributed by atoms with Crippen LogP contribution < -0.4 is 9.62 Å². The molecule has 7 heteroatoms. The monoisotopic (exact) mass is 470 g/mol. The number of carbonyl (C=O) groups is 1. The summed E-state index contributed by atoms with van der Waals surface area (Å²) in [6, 6.07) is 19.4. The van der Waals surface area contributed by atoms with Crippen molar-refractivity contribution in [3.8, 4) is 0 Å². The number of amides is 1. The van der Waals surface area contributed by atoms with E-state index in [1.807, 2.05) is 39.0 Å². The topological polar surface area (TPSA) is 66.5 Å². The highest BCUT2D eigenvalue weighted by molar-refractivity contribution is 7.92. The molecule has 5 nitrogen and oxygen atoms in total. The lowest BCUT2D eigenvalue weighted by Crippen LogP contribution is -2.41. The maximum Gasteiger partial charge on any atom is 0.264 e. The number of carbonyl (C=O) groups excluding carboxylic acids is 1. The van der Waals surface area contributed by atoms with Crippen LogP contribution in [-0.2, 0) is 21.2 Å². The second kappa shape index (κ2) is 10.2. The zero-order valence-electron chi connectivity index (χ0n) is 18.4. The van der Waals surface area contributed by atoms with Crippen molar-refractivity contribution < 1.29 is 13.2 Å². The van der Waals surface area contributed by atoms with Crippen molar-refractivity contribution in [2.24, 2.45) is 0 Å². The van der Waals surface area contributed by atoms with Crippen molar-refractivity contribution in [3.63, 3.8) is 0 Å². The summed E-state index contributed by atoms with van der Waals surface area (Å²) in [6.07, 6.45) is 0.622. The van der Waals surface area contributed by atoms with Gasteiger partial charge in [0.05, 0.1) is 10.6 Å². The van der Waals surface area contributed by atoms with Crippen LogP contribution in [0, 0.1) is 20.8 Å². The second-order valence-electron chi connectivity index (χ2n) is 7.82. The van der Waals surface area contributed by atoms with Crippen LogP contribution in [0.15, 0.2) is 71.6 Å². The van der Waals surface area contributed by atoms with Crippen molar-refractivity contribution in [2.75, 3.05) is 17.4 Å². The number of hydrogen-bond donors (Lipinski definition) is 1. The zero-order chi connectivity index (χ0) is 23.3. The lowest BCUT2D eigenvalue weighted by molar-refractivity contribution is -0.119. The Morgan fingerprint density at radius 1 is 0.906 bits per heavy atom. The van der Waals surface area contributed by atoms with E-state index >= 15 is 0 Å². The number of sulfonamides is 1. The fraction of sp³-hybridized carbons (Fsp3) is 0.240. The number of rotatable bonds is 8. The molecule has 1 amide bonds. The lowest BCUT2D eigenvalue weighted by Gasteiger charge is -2.25. The molecule has 0 aliphatic rings. The molecule has 0 unspecified atom stereocenters. The molecule has 0 heterocycles. The molecule has 168 valence electrons. The molecule has 32 heavy (non-hydrogen) atoms. The van der Waals surface area contributed by atoms with E-state index in [9.17, 15) is 13.2 Å². The van der Waals surface area contributed by atoms with E-state index in [2.05, 4.69) is 5.32 Å². The van der Waals surface area contributed by atoms with E-state index in [4.69, 9.17) is 11.6 Å². The van der Waals surface area contributed by atoms with E-state index < -0.39 is 10.0 Å². The van der Waals surface area contributed by atoms with Gasteiger partial charge >= 0.3 is 0 Å². The lowest BCUT2D eigenvalue weighted by atomic mass is 10.1. The first kappa shape index (κ1) is 23.8. The average molecular weight is 471 g/mol. The van der Waals surface area contributed by atoms with Crippen LogP contribution in [0.5, 0.6) is 0 Å². The fourth-order valence-electron chi connectivity index (χ4n) is 3.22. The number of nitrogens with one attached hydrogen (secondary N) is 1. The highest BCUT2D eigenvalue weighted by atomic mass is 35.5. The number of nitrogens with zero attached hydrogens (tertiary/aromatic N) is 1. The van der Waals surface area contributed by atoms with E-state index in [1.165, 1.54) is 4.31 Å². The zero-order valence-corrected chi connectivity index (χ0v) is 20.0. The largest absolute Gasteiger partial charge is 0.354 e. The number of hydrogen-bond acceptors (Lipinski definition) is 3. The Morgan fingerprint density at radius 3 is 2.19 bits per heavy atom. The third-order valence-electron chi connectivity index (χ3n) is 5.32. The normalized spacial score (nSPS) is 11.2. The molecule has 0 aliphatic carbocycles. The summed E-state index contributed by atoms with van der Waals surface area (Å²) >= 11 is 5.90.